The predicted molar refractivity (Wildman–Crippen MR) is 109 cm³/mol. The second kappa shape index (κ2) is 8.33. The molecule has 2 aromatic carbocycles. The number of sulfonamides is 1. The Bertz CT molecular complexity index is 909. The van der Waals surface area contributed by atoms with E-state index in [0.29, 0.717) is 31.3 Å². The van der Waals surface area contributed by atoms with Crippen LogP contribution in [0.15, 0.2) is 53.4 Å². The summed E-state index contributed by atoms with van der Waals surface area (Å²) in [7, 11) is -3.62. The minimum Gasteiger partial charge on any atom is -0.346 e. The Kier molecular flexibility index (Phi) is 6.08. The van der Waals surface area contributed by atoms with Crippen molar-refractivity contribution in [1.82, 2.24) is 9.21 Å². The highest BCUT2D eigenvalue weighted by molar-refractivity contribution is 7.89. The number of aryl methyl sites for hydroxylation is 1. The summed E-state index contributed by atoms with van der Waals surface area (Å²) in [6.45, 7) is 3.75. The lowest BCUT2D eigenvalue weighted by molar-refractivity contribution is 0.268. The summed E-state index contributed by atoms with van der Waals surface area (Å²) in [5.74, 6) is -0.456. The molecule has 1 N–H and O–H groups in total. The van der Waals surface area contributed by atoms with Gasteiger partial charge in [0.1, 0.15) is 5.82 Å². The lowest BCUT2D eigenvalue weighted by atomic mass is 10.1. The number of thiocarbonyl (C=S) groups is 1. The Morgan fingerprint density at radius 2 is 1.78 bits per heavy atom. The molecule has 5 nitrogen and oxygen atoms in total. The van der Waals surface area contributed by atoms with Crippen LogP contribution in [0.4, 0.5) is 10.1 Å². The highest BCUT2D eigenvalue weighted by Gasteiger charge is 2.29. The van der Waals surface area contributed by atoms with E-state index >= 15 is 0 Å². The van der Waals surface area contributed by atoms with Crippen molar-refractivity contribution in [2.45, 2.75) is 18.2 Å². The summed E-state index contributed by atoms with van der Waals surface area (Å²) in [6, 6.07) is 13.0. The molecule has 1 aliphatic rings. The van der Waals surface area contributed by atoms with Gasteiger partial charge in [0.05, 0.1) is 4.90 Å². The van der Waals surface area contributed by atoms with Crippen LogP contribution in [0.5, 0.6) is 0 Å². The summed E-state index contributed by atoms with van der Waals surface area (Å²) >= 11 is 5.48. The topological polar surface area (TPSA) is 52.6 Å². The third kappa shape index (κ3) is 4.63. The monoisotopic (exact) mass is 407 g/mol. The molecule has 0 radical (unpaired) electrons. The lowest BCUT2D eigenvalue weighted by Gasteiger charge is -2.35. The van der Waals surface area contributed by atoms with Crippen LogP contribution in [0.2, 0.25) is 0 Å². The van der Waals surface area contributed by atoms with Crippen LogP contribution in [0.1, 0.15) is 12.5 Å². The molecule has 1 fully saturated rings. The van der Waals surface area contributed by atoms with E-state index in [4.69, 9.17) is 12.2 Å². The van der Waals surface area contributed by atoms with Crippen molar-refractivity contribution in [1.29, 1.82) is 0 Å². The average Bonchev–Trinajstić information content (AvgIpc) is 2.68. The molecule has 0 atom stereocenters. The smallest absolute Gasteiger partial charge is 0.243 e. The summed E-state index contributed by atoms with van der Waals surface area (Å²) in [5, 5.41) is 3.81. The third-order valence-electron chi connectivity index (χ3n) is 4.56. The maximum absolute atomic E-state index is 13.0. The zero-order valence-corrected chi connectivity index (χ0v) is 16.7. The molecule has 27 heavy (non-hydrogen) atoms. The van der Waals surface area contributed by atoms with Crippen molar-refractivity contribution in [3.63, 3.8) is 0 Å². The SMILES string of the molecule is CCc1cccc(NC(=S)N2CCN(S(=O)(=O)c3ccc(F)cc3)CC2)c1. The van der Waals surface area contributed by atoms with E-state index in [1.165, 1.54) is 22.0 Å². The van der Waals surface area contributed by atoms with E-state index in [9.17, 15) is 12.8 Å². The second-order valence-corrected chi connectivity index (χ2v) is 8.65. The van der Waals surface area contributed by atoms with Crippen LogP contribution in [-0.4, -0.2) is 48.9 Å². The largest absolute Gasteiger partial charge is 0.346 e. The molecule has 0 unspecified atom stereocenters. The normalized spacial score (nSPS) is 15.6. The van der Waals surface area contributed by atoms with Gasteiger partial charge in [-0.2, -0.15) is 4.31 Å². The van der Waals surface area contributed by atoms with Crippen LogP contribution in [0.3, 0.4) is 0 Å². The molecular weight excluding hydrogens is 385 g/mol. The van der Waals surface area contributed by atoms with Crippen LogP contribution in [0.25, 0.3) is 0 Å². The van der Waals surface area contributed by atoms with Gasteiger partial charge >= 0.3 is 0 Å². The molecule has 144 valence electrons. The summed E-state index contributed by atoms with van der Waals surface area (Å²) < 4.78 is 39.8. The van der Waals surface area contributed by atoms with Crippen molar-refractivity contribution in [2.24, 2.45) is 0 Å². The van der Waals surface area contributed by atoms with E-state index in [-0.39, 0.29) is 4.90 Å². The standard InChI is InChI=1S/C19H22FN3O2S2/c1-2-15-4-3-5-17(14-15)21-19(26)22-10-12-23(13-11-22)27(24,25)18-8-6-16(20)7-9-18/h3-9,14H,2,10-13H2,1H3,(H,21,26). The summed E-state index contributed by atoms with van der Waals surface area (Å²) in [6.07, 6.45) is 0.947. The van der Waals surface area contributed by atoms with Gasteiger partial charge in [-0.15, -0.1) is 0 Å². The minimum atomic E-state index is -3.62. The lowest BCUT2D eigenvalue weighted by Crippen LogP contribution is -2.51. The van der Waals surface area contributed by atoms with Gasteiger partial charge in [-0.1, -0.05) is 19.1 Å². The van der Waals surface area contributed by atoms with Crippen LogP contribution in [-0.2, 0) is 16.4 Å². The van der Waals surface area contributed by atoms with Gasteiger partial charge < -0.3 is 10.2 Å². The van der Waals surface area contributed by atoms with Crippen molar-refractivity contribution >= 4 is 33.0 Å². The number of hydrogen-bond acceptors (Lipinski definition) is 3. The van der Waals surface area contributed by atoms with E-state index in [1.54, 1.807) is 0 Å². The Morgan fingerprint density at radius 3 is 2.41 bits per heavy atom. The first kappa shape index (κ1) is 19.7. The number of nitrogens with zero attached hydrogens (tertiary/aromatic N) is 2. The minimum absolute atomic E-state index is 0.106. The second-order valence-electron chi connectivity index (χ2n) is 6.33. The summed E-state index contributed by atoms with van der Waals surface area (Å²) in [5.41, 5.74) is 2.15. The Labute approximate surface area is 164 Å². The molecular formula is C19H22FN3O2S2. The van der Waals surface area contributed by atoms with Gasteiger partial charge in [0.2, 0.25) is 10.0 Å². The fraction of sp³-hybridized carbons (Fsp3) is 0.316. The quantitative estimate of drug-likeness (QED) is 0.790. The number of hydrogen-bond donors (Lipinski definition) is 1. The number of benzene rings is 2. The predicted octanol–water partition coefficient (Wildman–Crippen LogP) is 3.09. The fourth-order valence-electron chi connectivity index (χ4n) is 2.96. The van der Waals surface area contributed by atoms with Gasteiger partial charge in [0.15, 0.2) is 5.11 Å². The third-order valence-corrected chi connectivity index (χ3v) is 6.84. The van der Waals surface area contributed by atoms with Gasteiger partial charge in [-0.05, 0) is 60.6 Å². The highest BCUT2D eigenvalue weighted by atomic mass is 32.2. The summed E-state index contributed by atoms with van der Waals surface area (Å²) in [4.78, 5) is 2.07. The van der Waals surface area contributed by atoms with E-state index in [2.05, 4.69) is 24.4 Å². The molecule has 1 aliphatic heterocycles. The first-order valence-electron chi connectivity index (χ1n) is 8.81. The molecule has 3 rings (SSSR count). The Morgan fingerprint density at radius 1 is 1.11 bits per heavy atom. The van der Waals surface area contributed by atoms with Crippen LogP contribution < -0.4 is 5.32 Å². The maximum Gasteiger partial charge on any atom is 0.243 e. The van der Waals surface area contributed by atoms with E-state index in [1.807, 2.05) is 17.0 Å². The molecule has 8 heteroatoms. The number of anilines is 1. The van der Waals surface area contributed by atoms with Gasteiger partial charge in [-0.25, -0.2) is 12.8 Å². The van der Waals surface area contributed by atoms with Crippen LogP contribution >= 0.6 is 12.2 Å². The molecule has 0 spiro atoms. The van der Waals surface area contributed by atoms with E-state index < -0.39 is 15.8 Å². The number of halogens is 1. The molecule has 0 amide bonds. The fourth-order valence-corrected chi connectivity index (χ4v) is 4.68. The zero-order chi connectivity index (χ0) is 19.4. The maximum atomic E-state index is 13.0. The van der Waals surface area contributed by atoms with Gasteiger partial charge in [0, 0.05) is 31.9 Å². The number of piperazine rings is 1. The first-order chi connectivity index (χ1) is 12.9. The first-order valence-corrected chi connectivity index (χ1v) is 10.7. The number of rotatable bonds is 4. The molecule has 0 aromatic heterocycles. The van der Waals surface area contributed by atoms with Crippen molar-refractivity contribution in [3.8, 4) is 0 Å². The van der Waals surface area contributed by atoms with E-state index in [0.717, 1.165) is 24.2 Å². The highest BCUT2D eigenvalue weighted by Crippen LogP contribution is 2.19. The van der Waals surface area contributed by atoms with Crippen molar-refractivity contribution in [3.05, 3.63) is 59.9 Å². The number of nitrogens with one attached hydrogen (secondary N) is 1. The van der Waals surface area contributed by atoms with Crippen molar-refractivity contribution in [2.75, 3.05) is 31.5 Å². The molecule has 0 aliphatic carbocycles. The van der Waals surface area contributed by atoms with Crippen molar-refractivity contribution < 1.29 is 12.8 Å². The molecule has 1 saturated heterocycles. The Balaban J connectivity index is 1.61. The zero-order valence-electron chi connectivity index (χ0n) is 15.1. The van der Waals surface area contributed by atoms with Gasteiger partial charge in [-0.3, -0.25) is 0 Å². The van der Waals surface area contributed by atoms with Gasteiger partial charge in [0.25, 0.3) is 0 Å². The molecule has 0 bridgehead atoms. The van der Waals surface area contributed by atoms with Crippen LogP contribution in [0, 0.1) is 5.82 Å². The average molecular weight is 408 g/mol. The molecule has 2 aromatic rings. The molecule has 0 saturated carbocycles. The Hall–Kier alpha value is -2.03. The molecule has 1 heterocycles.